The Balaban J connectivity index is 1.85. The minimum atomic E-state index is -0.316. The Labute approximate surface area is 163 Å². The summed E-state index contributed by atoms with van der Waals surface area (Å²) in [6, 6.07) is 7.28. The van der Waals surface area contributed by atoms with Crippen LogP contribution in [0, 0.1) is 0 Å². The van der Waals surface area contributed by atoms with Crippen LogP contribution in [0.5, 0.6) is 11.5 Å². The minimum absolute atomic E-state index is 0.290. The Morgan fingerprint density at radius 2 is 1.96 bits per heavy atom. The highest BCUT2D eigenvalue weighted by Crippen LogP contribution is 2.37. The highest BCUT2D eigenvalue weighted by molar-refractivity contribution is 9.10. The van der Waals surface area contributed by atoms with Crippen LogP contribution in [0.3, 0.4) is 0 Å². The van der Waals surface area contributed by atoms with Gasteiger partial charge in [-0.25, -0.2) is 0 Å². The minimum Gasteiger partial charge on any atom is -0.493 e. The molecule has 134 valence electrons. The Kier molecular flexibility index (Phi) is 5.63. The molecule has 3 rings (SSSR count). The van der Waals surface area contributed by atoms with Crippen molar-refractivity contribution in [1.29, 1.82) is 0 Å². The van der Waals surface area contributed by atoms with E-state index in [1.54, 1.807) is 37.7 Å². The number of carbonyl (C=O) groups excluding carboxylic acids is 2. The SMILES string of the molecule is COc1cc(/C=C2\SC(=O)N(C)C2=O)c(Br)cc1OCc1ccncc1. The number of hydrogen-bond acceptors (Lipinski definition) is 6. The van der Waals surface area contributed by atoms with Crippen LogP contribution < -0.4 is 9.47 Å². The molecule has 2 heterocycles. The molecule has 0 N–H and O–H groups in total. The number of pyridine rings is 1. The topological polar surface area (TPSA) is 68.7 Å². The van der Waals surface area contributed by atoms with Crippen molar-refractivity contribution < 1.29 is 19.1 Å². The van der Waals surface area contributed by atoms with Crippen LogP contribution in [0.15, 0.2) is 46.0 Å². The van der Waals surface area contributed by atoms with Crippen molar-refractivity contribution >= 4 is 44.9 Å². The van der Waals surface area contributed by atoms with Gasteiger partial charge in [0.15, 0.2) is 11.5 Å². The molecule has 0 unspecified atom stereocenters. The molecule has 26 heavy (non-hydrogen) atoms. The van der Waals surface area contributed by atoms with E-state index in [0.717, 1.165) is 32.3 Å². The standard InChI is InChI=1S/C18H15BrN2O4S/c1-21-17(22)16(26-18(21)23)8-12-7-14(24-2)15(9-13(12)19)25-10-11-3-5-20-6-4-11/h3-9H,10H2,1-2H3/b16-8-. The molecule has 6 nitrogen and oxygen atoms in total. The second-order valence-corrected chi connectivity index (χ2v) is 7.26. The number of methoxy groups -OCH3 is 1. The molecule has 2 amide bonds. The van der Waals surface area contributed by atoms with E-state index in [9.17, 15) is 9.59 Å². The van der Waals surface area contributed by atoms with Crippen molar-refractivity contribution in [2.75, 3.05) is 14.2 Å². The largest absolute Gasteiger partial charge is 0.493 e. The van der Waals surface area contributed by atoms with Gasteiger partial charge in [-0.05, 0) is 53.2 Å². The maximum absolute atomic E-state index is 12.1. The van der Waals surface area contributed by atoms with E-state index in [4.69, 9.17) is 9.47 Å². The van der Waals surface area contributed by atoms with Gasteiger partial charge in [-0.3, -0.25) is 19.5 Å². The van der Waals surface area contributed by atoms with Crippen LogP contribution in [0.1, 0.15) is 11.1 Å². The quantitative estimate of drug-likeness (QED) is 0.659. The lowest BCUT2D eigenvalue weighted by Crippen LogP contribution is -2.22. The summed E-state index contributed by atoms with van der Waals surface area (Å²) in [5, 5.41) is -0.290. The molecule has 0 bridgehead atoms. The van der Waals surface area contributed by atoms with Crippen LogP contribution >= 0.6 is 27.7 Å². The second kappa shape index (κ2) is 7.92. The molecule has 1 aromatic carbocycles. The average Bonchev–Trinajstić information content (AvgIpc) is 2.89. The van der Waals surface area contributed by atoms with E-state index in [2.05, 4.69) is 20.9 Å². The van der Waals surface area contributed by atoms with Crippen molar-refractivity contribution in [2.24, 2.45) is 0 Å². The Morgan fingerprint density at radius 3 is 2.58 bits per heavy atom. The van der Waals surface area contributed by atoms with Crippen LogP contribution in [-0.2, 0) is 11.4 Å². The summed E-state index contributed by atoms with van der Waals surface area (Å²) in [5.74, 6) is 0.782. The fraction of sp³-hybridized carbons (Fsp3) is 0.167. The van der Waals surface area contributed by atoms with Gasteiger partial charge in [0, 0.05) is 23.9 Å². The number of benzene rings is 1. The molecule has 8 heteroatoms. The lowest BCUT2D eigenvalue weighted by Gasteiger charge is -2.13. The summed E-state index contributed by atoms with van der Waals surface area (Å²) in [6.45, 7) is 0.374. The molecule has 1 aliphatic rings. The van der Waals surface area contributed by atoms with Gasteiger partial charge >= 0.3 is 0 Å². The molecule has 0 radical (unpaired) electrons. The molecule has 1 saturated heterocycles. The third-order valence-corrected chi connectivity index (χ3v) is 5.35. The van der Waals surface area contributed by atoms with Gasteiger partial charge < -0.3 is 9.47 Å². The first kappa shape index (κ1) is 18.5. The van der Waals surface area contributed by atoms with Gasteiger partial charge in [0.25, 0.3) is 11.1 Å². The van der Waals surface area contributed by atoms with Crippen LogP contribution in [0.4, 0.5) is 4.79 Å². The van der Waals surface area contributed by atoms with Crippen molar-refractivity contribution in [2.45, 2.75) is 6.61 Å². The molecule has 2 aromatic rings. The zero-order valence-corrected chi connectivity index (χ0v) is 16.5. The number of aromatic nitrogens is 1. The fourth-order valence-electron chi connectivity index (χ4n) is 2.26. The number of halogens is 1. The first-order valence-corrected chi connectivity index (χ1v) is 9.21. The van der Waals surface area contributed by atoms with Gasteiger partial charge in [-0.15, -0.1) is 0 Å². The van der Waals surface area contributed by atoms with Gasteiger partial charge in [0.2, 0.25) is 0 Å². The number of thioether (sulfide) groups is 1. The first-order valence-electron chi connectivity index (χ1n) is 7.60. The second-order valence-electron chi connectivity index (χ2n) is 5.41. The summed E-state index contributed by atoms with van der Waals surface area (Å²) in [7, 11) is 3.01. The van der Waals surface area contributed by atoms with Crippen molar-refractivity contribution in [3.63, 3.8) is 0 Å². The highest BCUT2D eigenvalue weighted by atomic mass is 79.9. The molecular weight excluding hydrogens is 420 g/mol. The molecule has 1 aromatic heterocycles. The van der Waals surface area contributed by atoms with Gasteiger partial charge in [-0.1, -0.05) is 15.9 Å². The van der Waals surface area contributed by atoms with E-state index in [1.165, 1.54) is 7.05 Å². The smallest absolute Gasteiger partial charge is 0.293 e. The predicted octanol–water partition coefficient (Wildman–Crippen LogP) is 4.10. The molecule has 0 saturated carbocycles. The summed E-state index contributed by atoms with van der Waals surface area (Å²) >= 11 is 4.40. The lowest BCUT2D eigenvalue weighted by atomic mass is 10.2. The third-order valence-electron chi connectivity index (χ3n) is 3.70. The predicted molar refractivity (Wildman–Crippen MR) is 103 cm³/mol. The van der Waals surface area contributed by atoms with E-state index in [0.29, 0.717) is 23.0 Å². The van der Waals surface area contributed by atoms with Crippen molar-refractivity contribution in [3.05, 3.63) is 57.2 Å². The van der Waals surface area contributed by atoms with E-state index >= 15 is 0 Å². The number of hydrogen-bond donors (Lipinski definition) is 0. The molecule has 0 aliphatic carbocycles. The Morgan fingerprint density at radius 1 is 1.23 bits per heavy atom. The monoisotopic (exact) mass is 434 g/mol. The number of ether oxygens (including phenoxy) is 2. The maximum atomic E-state index is 12.1. The van der Waals surface area contributed by atoms with E-state index < -0.39 is 0 Å². The molecular formula is C18H15BrN2O4S. The lowest BCUT2D eigenvalue weighted by molar-refractivity contribution is -0.121. The third kappa shape index (κ3) is 3.91. The molecule has 0 spiro atoms. The maximum Gasteiger partial charge on any atom is 0.293 e. The molecule has 1 fully saturated rings. The summed E-state index contributed by atoms with van der Waals surface area (Å²) in [6.07, 6.45) is 5.07. The van der Waals surface area contributed by atoms with Gasteiger partial charge in [0.1, 0.15) is 6.61 Å². The normalized spacial score (nSPS) is 15.7. The van der Waals surface area contributed by atoms with Crippen LogP contribution in [0.2, 0.25) is 0 Å². The van der Waals surface area contributed by atoms with Crippen LogP contribution in [-0.4, -0.2) is 35.2 Å². The van der Waals surface area contributed by atoms with E-state index in [-0.39, 0.29) is 11.1 Å². The Hall–Kier alpha value is -2.32. The van der Waals surface area contributed by atoms with Crippen molar-refractivity contribution in [1.82, 2.24) is 9.88 Å². The summed E-state index contributed by atoms with van der Waals surface area (Å²) in [5.41, 5.74) is 1.70. The zero-order valence-electron chi connectivity index (χ0n) is 14.1. The van der Waals surface area contributed by atoms with Crippen molar-refractivity contribution in [3.8, 4) is 11.5 Å². The summed E-state index contributed by atoms with van der Waals surface area (Å²) in [4.78, 5) is 29.1. The van der Waals surface area contributed by atoms with E-state index in [1.807, 2.05) is 12.1 Å². The van der Waals surface area contributed by atoms with Gasteiger partial charge in [-0.2, -0.15) is 0 Å². The van der Waals surface area contributed by atoms with Crippen LogP contribution in [0.25, 0.3) is 6.08 Å². The average molecular weight is 435 g/mol. The van der Waals surface area contributed by atoms with Gasteiger partial charge in [0.05, 0.1) is 12.0 Å². The highest BCUT2D eigenvalue weighted by Gasteiger charge is 2.32. The summed E-state index contributed by atoms with van der Waals surface area (Å²) < 4.78 is 12.0. The number of likely N-dealkylation sites (N-methyl/N-ethyl adjacent to an activating group) is 1. The first-order chi connectivity index (χ1) is 12.5. The fourth-order valence-corrected chi connectivity index (χ4v) is 3.52. The number of carbonyl (C=O) groups is 2. The number of rotatable bonds is 5. The number of nitrogens with zero attached hydrogens (tertiary/aromatic N) is 2. The Bertz CT molecular complexity index is 886. The molecule has 1 aliphatic heterocycles. The number of amides is 2. The number of imide groups is 1. The molecule has 0 atom stereocenters. The zero-order chi connectivity index (χ0) is 18.7.